The lowest BCUT2D eigenvalue weighted by molar-refractivity contribution is 0.0979. The van der Waals surface area contributed by atoms with E-state index >= 15 is 0 Å². The van der Waals surface area contributed by atoms with Crippen LogP contribution in [0.1, 0.15) is 24.3 Å². The lowest BCUT2D eigenvalue weighted by Gasteiger charge is -2.24. The van der Waals surface area contributed by atoms with Gasteiger partial charge in [-0.15, -0.1) is 0 Å². The summed E-state index contributed by atoms with van der Waals surface area (Å²) in [5.74, 6) is 0.239. The second-order valence-electron chi connectivity index (χ2n) is 5.00. The van der Waals surface area contributed by atoms with Crippen molar-refractivity contribution in [2.75, 3.05) is 11.4 Å². The van der Waals surface area contributed by atoms with Crippen molar-refractivity contribution in [1.29, 1.82) is 0 Å². The van der Waals surface area contributed by atoms with E-state index in [0.717, 1.165) is 5.69 Å². The minimum Gasteiger partial charge on any atom is -0.307 e. The number of benzene rings is 1. The summed E-state index contributed by atoms with van der Waals surface area (Å²) in [7, 11) is 0. The average molecular weight is 289 g/mol. The van der Waals surface area contributed by atoms with Gasteiger partial charge >= 0.3 is 0 Å². The summed E-state index contributed by atoms with van der Waals surface area (Å²) in [6.07, 6.45) is 1.62. The first-order valence-corrected chi connectivity index (χ1v) is 6.94. The van der Waals surface area contributed by atoms with Crippen molar-refractivity contribution >= 4 is 23.2 Å². The zero-order valence-corrected chi connectivity index (χ0v) is 12.3. The Balaban J connectivity index is 2.35. The monoisotopic (exact) mass is 288 g/mol. The Kier molecular flexibility index (Phi) is 4.74. The van der Waals surface area contributed by atoms with Crippen LogP contribution in [0, 0.1) is 5.92 Å². The van der Waals surface area contributed by atoms with E-state index in [0.29, 0.717) is 23.2 Å². The van der Waals surface area contributed by atoms with Gasteiger partial charge in [0.2, 0.25) is 0 Å². The molecule has 104 valence electrons. The van der Waals surface area contributed by atoms with E-state index in [-0.39, 0.29) is 5.91 Å². The van der Waals surface area contributed by atoms with Crippen LogP contribution in [0.15, 0.2) is 48.7 Å². The number of hydrogen-bond donors (Lipinski definition) is 0. The number of halogens is 1. The quantitative estimate of drug-likeness (QED) is 0.851. The fourth-order valence-corrected chi connectivity index (χ4v) is 2.13. The van der Waals surface area contributed by atoms with Crippen molar-refractivity contribution in [2.24, 2.45) is 5.92 Å². The van der Waals surface area contributed by atoms with Crippen molar-refractivity contribution < 1.29 is 4.79 Å². The van der Waals surface area contributed by atoms with Crippen LogP contribution in [0.4, 0.5) is 5.69 Å². The molecule has 20 heavy (non-hydrogen) atoms. The lowest BCUT2D eigenvalue weighted by Crippen LogP contribution is -2.34. The number of nitrogens with zero attached hydrogens (tertiary/aromatic N) is 2. The maximum Gasteiger partial charge on any atom is 0.276 e. The predicted octanol–water partition coefficient (Wildman–Crippen LogP) is 4.04. The zero-order chi connectivity index (χ0) is 14.5. The number of pyridine rings is 1. The average Bonchev–Trinajstić information content (AvgIpc) is 2.45. The Morgan fingerprint density at radius 3 is 2.65 bits per heavy atom. The molecule has 0 atom stereocenters. The van der Waals surface area contributed by atoms with Crippen molar-refractivity contribution in [3.8, 4) is 0 Å². The van der Waals surface area contributed by atoms with Gasteiger partial charge in [0, 0.05) is 23.5 Å². The van der Waals surface area contributed by atoms with Crippen LogP contribution in [-0.4, -0.2) is 17.4 Å². The third-order valence-corrected chi connectivity index (χ3v) is 3.03. The molecule has 2 rings (SSSR count). The van der Waals surface area contributed by atoms with Crippen LogP contribution >= 0.6 is 11.6 Å². The summed E-state index contributed by atoms with van der Waals surface area (Å²) < 4.78 is 0. The summed E-state index contributed by atoms with van der Waals surface area (Å²) in [4.78, 5) is 18.5. The molecule has 0 aliphatic heterocycles. The van der Waals surface area contributed by atoms with Gasteiger partial charge in [-0.3, -0.25) is 9.78 Å². The molecule has 0 saturated heterocycles. The lowest BCUT2D eigenvalue weighted by atomic mass is 10.1. The Bertz CT molecular complexity index is 584. The van der Waals surface area contributed by atoms with Crippen molar-refractivity contribution in [2.45, 2.75) is 13.8 Å². The molecule has 1 aromatic heterocycles. The van der Waals surface area contributed by atoms with E-state index in [2.05, 4.69) is 18.8 Å². The van der Waals surface area contributed by atoms with E-state index in [1.165, 1.54) is 0 Å². The highest BCUT2D eigenvalue weighted by atomic mass is 35.5. The number of amides is 1. The topological polar surface area (TPSA) is 33.2 Å². The van der Waals surface area contributed by atoms with Crippen LogP contribution in [-0.2, 0) is 0 Å². The molecule has 0 N–H and O–H groups in total. The fraction of sp³-hybridized carbons (Fsp3) is 0.250. The molecule has 0 radical (unpaired) electrons. The summed E-state index contributed by atoms with van der Waals surface area (Å²) in [5, 5.41) is 0.616. The minimum absolute atomic E-state index is 0.110. The molecular formula is C16H17ClN2O. The van der Waals surface area contributed by atoms with Crippen molar-refractivity contribution in [1.82, 2.24) is 4.98 Å². The second kappa shape index (κ2) is 6.53. The first kappa shape index (κ1) is 14.5. The summed E-state index contributed by atoms with van der Waals surface area (Å²) >= 11 is 6.02. The normalized spacial score (nSPS) is 10.6. The predicted molar refractivity (Wildman–Crippen MR) is 82.2 cm³/mol. The highest BCUT2D eigenvalue weighted by molar-refractivity contribution is 6.31. The smallest absolute Gasteiger partial charge is 0.276 e. The Labute approximate surface area is 124 Å². The van der Waals surface area contributed by atoms with Crippen LogP contribution in [0.5, 0.6) is 0 Å². The number of hydrogen-bond acceptors (Lipinski definition) is 2. The largest absolute Gasteiger partial charge is 0.307 e. The summed E-state index contributed by atoms with van der Waals surface area (Å²) in [6, 6.07) is 12.6. The third-order valence-electron chi connectivity index (χ3n) is 2.80. The van der Waals surface area contributed by atoms with Crippen molar-refractivity contribution in [3.05, 3.63) is 59.4 Å². The molecular weight excluding hydrogens is 272 g/mol. The van der Waals surface area contributed by atoms with Gasteiger partial charge in [0.05, 0.1) is 0 Å². The maximum atomic E-state index is 12.6. The van der Waals surface area contributed by atoms with Crippen molar-refractivity contribution in [3.63, 3.8) is 0 Å². The van der Waals surface area contributed by atoms with Gasteiger partial charge in [-0.25, -0.2) is 0 Å². The van der Waals surface area contributed by atoms with Crippen LogP contribution in [0.3, 0.4) is 0 Å². The van der Waals surface area contributed by atoms with Gasteiger partial charge < -0.3 is 4.90 Å². The minimum atomic E-state index is -0.110. The number of carbonyl (C=O) groups excluding carboxylic acids is 1. The van der Waals surface area contributed by atoms with E-state index < -0.39 is 0 Å². The molecule has 0 bridgehead atoms. The van der Waals surface area contributed by atoms with E-state index in [9.17, 15) is 4.79 Å². The van der Waals surface area contributed by atoms with E-state index in [1.54, 1.807) is 35.4 Å². The van der Waals surface area contributed by atoms with E-state index in [1.807, 2.05) is 18.2 Å². The molecule has 0 aliphatic rings. The number of carbonyl (C=O) groups is 1. The summed E-state index contributed by atoms with van der Waals surface area (Å²) in [6.45, 7) is 4.77. The van der Waals surface area contributed by atoms with Crippen LogP contribution in [0.2, 0.25) is 5.02 Å². The maximum absolute atomic E-state index is 12.6. The van der Waals surface area contributed by atoms with Crippen LogP contribution < -0.4 is 4.90 Å². The Morgan fingerprint density at radius 2 is 2.05 bits per heavy atom. The molecule has 0 aliphatic carbocycles. The van der Waals surface area contributed by atoms with Crippen LogP contribution in [0.25, 0.3) is 0 Å². The molecule has 2 aromatic rings. The van der Waals surface area contributed by atoms with Gasteiger partial charge in [-0.1, -0.05) is 37.6 Å². The molecule has 0 saturated carbocycles. The SMILES string of the molecule is CC(C)CN(C(=O)c1ccccn1)c1cccc(Cl)c1. The Morgan fingerprint density at radius 1 is 1.25 bits per heavy atom. The second-order valence-corrected chi connectivity index (χ2v) is 5.44. The molecule has 3 nitrogen and oxygen atoms in total. The molecule has 0 fully saturated rings. The first-order chi connectivity index (χ1) is 9.58. The number of anilines is 1. The fourth-order valence-electron chi connectivity index (χ4n) is 1.94. The van der Waals surface area contributed by atoms with Gasteiger partial charge in [0.15, 0.2) is 0 Å². The highest BCUT2D eigenvalue weighted by Gasteiger charge is 2.19. The molecule has 4 heteroatoms. The zero-order valence-electron chi connectivity index (χ0n) is 11.6. The third kappa shape index (κ3) is 3.58. The van der Waals surface area contributed by atoms with Gasteiger partial charge in [-0.2, -0.15) is 0 Å². The van der Waals surface area contributed by atoms with Gasteiger partial charge in [0.25, 0.3) is 5.91 Å². The standard InChI is InChI=1S/C16H17ClN2O/c1-12(2)11-19(14-7-5-6-13(17)10-14)16(20)15-8-3-4-9-18-15/h3-10,12H,11H2,1-2H3. The Hall–Kier alpha value is -1.87. The summed E-state index contributed by atoms with van der Waals surface area (Å²) in [5.41, 5.74) is 1.23. The van der Waals surface area contributed by atoms with Gasteiger partial charge in [0.1, 0.15) is 5.69 Å². The number of rotatable bonds is 4. The van der Waals surface area contributed by atoms with E-state index in [4.69, 9.17) is 11.6 Å². The molecule has 1 amide bonds. The first-order valence-electron chi connectivity index (χ1n) is 6.56. The number of aromatic nitrogens is 1. The highest BCUT2D eigenvalue weighted by Crippen LogP contribution is 2.22. The molecule has 0 unspecified atom stereocenters. The molecule has 1 aromatic carbocycles. The molecule has 1 heterocycles. The van der Waals surface area contributed by atoms with Gasteiger partial charge in [-0.05, 0) is 36.2 Å². The molecule has 0 spiro atoms.